The lowest BCUT2D eigenvalue weighted by molar-refractivity contribution is 0.0532. The quantitative estimate of drug-likeness (QED) is 0.554. The summed E-state index contributed by atoms with van der Waals surface area (Å²) in [4.78, 5) is 18.5. The van der Waals surface area contributed by atoms with E-state index >= 15 is 0 Å². The van der Waals surface area contributed by atoms with Crippen molar-refractivity contribution in [3.05, 3.63) is 59.2 Å². The van der Waals surface area contributed by atoms with Crippen LogP contribution in [0.15, 0.2) is 47.4 Å². The van der Waals surface area contributed by atoms with Crippen LogP contribution in [0.2, 0.25) is 0 Å². The number of rotatable bonds is 7. The minimum Gasteiger partial charge on any atom is -0.364 e. The van der Waals surface area contributed by atoms with Crippen molar-refractivity contribution in [2.75, 3.05) is 31.1 Å². The van der Waals surface area contributed by atoms with Crippen molar-refractivity contribution >= 4 is 21.6 Å². The molecule has 6 nitrogen and oxygen atoms in total. The third-order valence-electron chi connectivity index (χ3n) is 8.00. The molecule has 0 aromatic heterocycles. The van der Waals surface area contributed by atoms with Gasteiger partial charge in [-0.3, -0.25) is 4.79 Å². The van der Waals surface area contributed by atoms with Crippen LogP contribution < -0.4 is 4.90 Å². The standard InChI is InChI=1S/C28H37N3O3S/c1-4-15-29(16-5-2)35(33,34)22-12-10-21(11-13-22)28(32)31-18-17-30-25-14-9-20(3)19-24(25)23-7-6-8-26(31)27(23)30/h9-14,19,23,26-27H,4-8,15-18H2,1-3H3/t23-,26+,27-/m0/s1. The first kappa shape index (κ1) is 24.3. The van der Waals surface area contributed by atoms with E-state index in [-0.39, 0.29) is 16.8 Å². The van der Waals surface area contributed by atoms with Crippen molar-refractivity contribution in [3.8, 4) is 0 Å². The van der Waals surface area contributed by atoms with Crippen LogP contribution >= 0.6 is 0 Å². The highest BCUT2D eigenvalue weighted by atomic mass is 32.2. The summed E-state index contributed by atoms with van der Waals surface area (Å²) in [6, 6.07) is 13.9. The molecule has 0 spiro atoms. The molecule has 1 amide bonds. The fraction of sp³-hybridized carbons (Fsp3) is 0.536. The second kappa shape index (κ2) is 9.58. The van der Waals surface area contributed by atoms with E-state index in [2.05, 4.69) is 34.9 Å². The van der Waals surface area contributed by atoms with Crippen LogP contribution in [0.1, 0.15) is 73.4 Å². The molecule has 2 fully saturated rings. The number of hydrogen-bond donors (Lipinski definition) is 0. The third kappa shape index (κ3) is 4.16. The van der Waals surface area contributed by atoms with Gasteiger partial charge in [0.2, 0.25) is 10.0 Å². The molecule has 2 aromatic carbocycles. The van der Waals surface area contributed by atoms with E-state index in [4.69, 9.17) is 0 Å². The van der Waals surface area contributed by atoms with Crippen molar-refractivity contribution in [2.24, 2.45) is 0 Å². The van der Waals surface area contributed by atoms with Gasteiger partial charge < -0.3 is 9.80 Å². The average molecular weight is 496 g/mol. The molecule has 0 N–H and O–H groups in total. The first-order valence-electron chi connectivity index (χ1n) is 13.1. The predicted molar refractivity (Wildman–Crippen MR) is 140 cm³/mol. The van der Waals surface area contributed by atoms with Gasteiger partial charge in [0, 0.05) is 43.3 Å². The maximum atomic E-state index is 13.7. The Bertz CT molecular complexity index is 1190. The highest BCUT2D eigenvalue weighted by Gasteiger charge is 2.50. The Morgan fingerprint density at radius 2 is 1.71 bits per heavy atom. The molecule has 0 unspecified atom stereocenters. The first-order valence-corrected chi connectivity index (χ1v) is 14.6. The summed E-state index contributed by atoms with van der Waals surface area (Å²) in [5.41, 5.74) is 4.67. The van der Waals surface area contributed by atoms with Crippen LogP contribution in [0.25, 0.3) is 0 Å². The van der Waals surface area contributed by atoms with Crippen molar-refractivity contribution < 1.29 is 13.2 Å². The predicted octanol–water partition coefficient (Wildman–Crippen LogP) is 4.79. The summed E-state index contributed by atoms with van der Waals surface area (Å²) < 4.78 is 27.8. The summed E-state index contributed by atoms with van der Waals surface area (Å²) >= 11 is 0. The molecule has 5 rings (SSSR count). The normalized spacial score (nSPS) is 23.4. The molecule has 7 heteroatoms. The van der Waals surface area contributed by atoms with E-state index in [9.17, 15) is 13.2 Å². The molecule has 1 saturated carbocycles. The summed E-state index contributed by atoms with van der Waals surface area (Å²) in [5.74, 6) is 0.500. The lowest BCUT2D eigenvalue weighted by atomic mass is 9.77. The third-order valence-corrected chi connectivity index (χ3v) is 9.91. The maximum absolute atomic E-state index is 13.7. The Hall–Kier alpha value is -2.38. The highest BCUT2D eigenvalue weighted by Crippen LogP contribution is 2.50. The highest BCUT2D eigenvalue weighted by molar-refractivity contribution is 7.89. The van der Waals surface area contributed by atoms with Gasteiger partial charge in [0.05, 0.1) is 17.0 Å². The van der Waals surface area contributed by atoms with Crippen molar-refractivity contribution in [1.82, 2.24) is 9.21 Å². The fourth-order valence-corrected chi connectivity index (χ4v) is 8.12. The fourth-order valence-electron chi connectivity index (χ4n) is 6.49. The van der Waals surface area contributed by atoms with Crippen LogP contribution in [0.5, 0.6) is 0 Å². The van der Waals surface area contributed by atoms with Crippen molar-refractivity contribution in [1.29, 1.82) is 0 Å². The van der Waals surface area contributed by atoms with Gasteiger partial charge in [-0.05, 0) is 68.5 Å². The number of aryl methyl sites for hydroxylation is 1. The molecule has 188 valence electrons. The molecular weight excluding hydrogens is 458 g/mol. The number of carbonyl (C=O) groups excluding carboxylic acids is 1. The van der Waals surface area contributed by atoms with E-state index < -0.39 is 10.0 Å². The number of sulfonamides is 1. The van der Waals surface area contributed by atoms with E-state index in [1.807, 2.05) is 13.8 Å². The largest absolute Gasteiger partial charge is 0.364 e. The summed E-state index contributed by atoms with van der Waals surface area (Å²) in [6.45, 7) is 8.68. The van der Waals surface area contributed by atoms with Crippen molar-refractivity contribution in [2.45, 2.75) is 75.8 Å². The van der Waals surface area contributed by atoms with Gasteiger partial charge in [0.15, 0.2) is 0 Å². The van der Waals surface area contributed by atoms with Gasteiger partial charge >= 0.3 is 0 Å². The minimum atomic E-state index is -3.55. The molecule has 35 heavy (non-hydrogen) atoms. The molecule has 2 aliphatic heterocycles. The number of fused-ring (bicyclic) bond motifs is 3. The lowest BCUT2D eigenvalue weighted by Crippen LogP contribution is -2.62. The van der Waals surface area contributed by atoms with Crippen LogP contribution in [-0.4, -0.2) is 61.8 Å². The van der Waals surface area contributed by atoms with Crippen LogP contribution in [0.4, 0.5) is 5.69 Å². The van der Waals surface area contributed by atoms with Crippen LogP contribution in [-0.2, 0) is 10.0 Å². The smallest absolute Gasteiger partial charge is 0.254 e. The van der Waals surface area contributed by atoms with Gasteiger partial charge in [-0.1, -0.05) is 38.0 Å². The van der Waals surface area contributed by atoms with Gasteiger partial charge in [0.1, 0.15) is 0 Å². The summed E-state index contributed by atoms with van der Waals surface area (Å²) in [6.07, 6.45) is 4.86. The van der Waals surface area contributed by atoms with Gasteiger partial charge in [-0.15, -0.1) is 0 Å². The summed E-state index contributed by atoms with van der Waals surface area (Å²) in [5, 5.41) is 0. The molecule has 1 saturated heterocycles. The molecular formula is C28H37N3O3S. The monoisotopic (exact) mass is 495 g/mol. The topological polar surface area (TPSA) is 60.9 Å². The zero-order valence-electron chi connectivity index (χ0n) is 21.1. The number of piperazine rings is 1. The van der Waals surface area contributed by atoms with Gasteiger partial charge in [-0.2, -0.15) is 4.31 Å². The number of carbonyl (C=O) groups is 1. The van der Waals surface area contributed by atoms with E-state index in [1.165, 1.54) is 23.2 Å². The second-order valence-corrected chi connectivity index (χ2v) is 12.2. The van der Waals surface area contributed by atoms with Crippen LogP contribution in [0.3, 0.4) is 0 Å². The first-order chi connectivity index (χ1) is 16.9. The van der Waals surface area contributed by atoms with E-state index in [0.29, 0.717) is 37.2 Å². The Labute approximate surface area is 210 Å². The molecule has 2 aromatic rings. The number of amides is 1. The Morgan fingerprint density at radius 3 is 2.40 bits per heavy atom. The number of benzene rings is 2. The minimum absolute atomic E-state index is 0.0188. The Balaban J connectivity index is 1.37. The zero-order valence-corrected chi connectivity index (χ0v) is 21.9. The van der Waals surface area contributed by atoms with Crippen molar-refractivity contribution in [3.63, 3.8) is 0 Å². The maximum Gasteiger partial charge on any atom is 0.254 e. The van der Waals surface area contributed by atoms with E-state index in [1.54, 1.807) is 28.6 Å². The average Bonchev–Trinajstić information content (AvgIpc) is 3.18. The number of nitrogens with zero attached hydrogens (tertiary/aromatic N) is 3. The number of anilines is 1. The molecule has 0 radical (unpaired) electrons. The molecule has 0 bridgehead atoms. The van der Waals surface area contributed by atoms with E-state index in [0.717, 1.165) is 32.2 Å². The Kier molecular flexibility index (Phi) is 6.66. The second-order valence-electron chi connectivity index (χ2n) is 10.3. The SMILES string of the molecule is CCCN(CCC)S(=O)(=O)c1ccc(C(=O)N2CCN3c4ccc(C)cc4[C@@H]4CCC[C@@H]2[C@H]43)cc1. The lowest BCUT2D eigenvalue weighted by Gasteiger charge is -2.49. The van der Waals surface area contributed by atoms with Gasteiger partial charge in [0.25, 0.3) is 5.91 Å². The number of hydrogen-bond acceptors (Lipinski definition) is 4. The molecule has 3 atom stereocenters. The Morgan fingerprint density at radius 1 is 1.00 bits per heavy atom. The molecule has 3 aliphatic rings. The molecule has 2 heterocycles. The van der Waals surface area contributed by atoms with Crippen LogP contribution in [0, 0.1) is 6.92 Å². The molecule has 1 aliphatic carbocycles. The summed E-state index contributed by atoms with van der Waals surface area (Å²) in [7, 11) is -3.55. The van der Waals surface area contributed by atoms with Gasteiger partial charge in [-0.25, -0.2) is 8.42 Å². The zero-order chi connectivity index (χ0) is 24.7.